The molecule has 0 bridgehead atoms. The molecule has 2 rings (SSSR count). The van der Waals surface area contributed by atoms with Gasteiger partial charge in [-0.1, -0.05) is 30.3 Å². The molecule has 0 saturated heterocycles. The Morgan fingerprint density at radius 3 is 2.37 bits per heavy atom. The maximum atomic E-state index is 13.6. The van der Waals surface area contributed by atoms with Crippen molar-refractivity contribution >= 4 is 12.6 Å². The van der Waals surface area contributed by atoms with Crippen molar-refractivity contribution in [3.8, 4) is 5.75 Å². The van der Waals surface area contributed by atoms with E-state index in [0.717, 1.165) is 11.6 Å². The van der Waals surface area contributed by atoms with Gasteiger partial charge in [0.25, 0.3) is 0 Å². The lowest BCUT2D eigenvalue weighted by molar-refractivity contribution is 0.290. The summed E-state index contributed by atoms with van der Waals surface area (Å²) in [6, 6.07) is 10.4. The Morgan fingerprint density at radius 1 is 1.05 bits per heavy atom. The average molecular weight is 264 g/mol. The van der Waals surface area contributed by atoms with E-state index in [-0.39, 0.29) is 17.8 Å². The van der Waals surface area contributed by atoms with Crippen molar-refractivity contribution in [1.82, 2.24) is 0 Å². The third-order valence-electron chi connectivity index (χ3n) is 2.54. The highest BCUT2D eigenvalue weighted by Crippen LogP contribution is 2.17. The highest BCUT2D eigenvalue weighted by atomic mass is 19.1. The van der Waals surface area contributed by atoms with Crippen LogP contribution < -0.4 is 10.2 Å². The molecule has 0 heterocycles. The van der Waals surface area contributed by atoms with Crippen molar-refractivity contribution in [2.24, 2.45) is 0 Å². The Hall–Kier alpha value is -1.92. The maximum absolute atomic E-state index is 13.6. The first-order valence-electron chi connectivity index (χ1n) is 5.59. The van der Waals surface area contributed by atoms with E-state index in [0.29, 0.717) is 6.07 Å². The molecule has 0 unspecified atom stereocenters. The van der Waals surface area contributed by atoms with Crippen molar-refractivity contribution in [3.63, 3.8) is 0 Å². The summed E-state index contributed by atoms with van der Waals surface area (Å²) in [5.74, 6) is -2.23. The zero-order valence-corrected chi connectivity index (χ0v) is 9.88. The fraction of sp³-hybridized carbons (Fsp3) is 0.0769. The lowest BCUT2D eigenvalue weighted by atomic mass is 9.79. The monoisotopic (exact) mass is 264 g/mol. The van der Waals surface area contributed by atoms with Gasteiger partial charge in [0.15, 0.2) is 11.6 Å². The van der Waals surface area contributed by atoms with Gasteiger partial charge in [0.2, 0.25) is 0 Å². The first-order valence-corrected chi connectivity index (χ1v) is 5.59. The van der Waals surface area contributed by atoms with E-state index >= 15 is 0 Å². The minimum Gasteiger partial charge on any atom is -0.486 e. The molecule has 2 aromatic rings. The van der Waals surface area contributed by atoms with Crippen LogP contribution in [0.25, 0.3) is 0 Å². The van der Waals surface area contributed by atoms with Gasteiger partial charge < -0.3 is 14.8 Å². The molecule has 0 fully saturated rings. The van der Waals surface area contributed by atoms with Gasteiger partial charge in [-0.25, -0.2) is 8.78 Å². The standard InChI is InChI=1S/C13H11BF2O3/c15-10-6-11(14(17)18)13(12(16)7-10)19-8-9-4-2-1-3-5-9/h1-7,17-18H,8H2. The van der Waals surface area contributed by atoms with E-state index in [2.05, 4.69) is 0 Å². The predicted molar refractivity (Wildman–Crippen MR) is 67.0 cm³/mol. The minimum absolute atomic E-state index is 0.0448. The van der Waals surface area contributed by atoms with Gasteiger partial charge in [0.05, 0.1) is 0 Å². The highest BCUT2D eigenvalue weighted by Gasteiger charge is 2.22. The zero-order chi connectivity index (χ0) is 13.8. The summed E-state index contributed by atoms with van der Waals surface area (Å²) >= 11 is 0. The van der Waals surface area contributed by atoms with Crippen molar-refractivity contribution in [2.75, 3.05) is 0 Å². The molecule has 0 spiro atoms. The van der Waals surface area contributed by atoms with Crippen LogP contribution in [0.5, 0.6) is 5.75 Å². The Morgan fingerprint density at radius 2 is 1.74 bits per heavy atom. The van der Waals surface area contributed by atoms with Crippen LogP contribution in [-0.2, 0) is 6.61 Å². The summed E-state index contributed by atoms with van der Waals surface area (Å²) < 4.78 is 31.8. The first kappa shape index (κ1) is 13.5. The van der Waals surface area contributed by atoms with E-state index in [1.54, 1.807) is 24.3 Å². The van der Waals surface area contributed by atoms with Crippen LogP contribution in [-0.4, -0.2) is 17.2 Å². The van der Waals surface area contributed by atoms with Crippen LogP contribution in [0.2, 0.25) is 0 Å². The number of rotatable bonds is 4. The van der Waals surface area contributed by atoms with Crippen molar-refractivity contribution in [3.05, 3.63) is 59.7 Å². The van der Waals surface area contributed by atoms with Crippen LogP contribution in [0.1, 0.15) is 5.56 Å². The minimum atomic E-state index is -2.00. The van der Waals surface area contributed by atoms with E-state index in [9.17, 15) is 8.78 Å². The van der Waals surface area contributed by atoms with Crippen LogP contribution >= 0.6 is 0 Å². The van der Waals surface area contributed by atoms with Crippen LogP contribution in [0.4, 0.5) is 8.78 Å². The zero-order valence-electron chi connectivity index (χ0n) is 9.88. The fourth-order valence-electron chi connectivity index (χ4n) is 1.65. The number of benzene rings is 2. The lowest BCUT2D eigenvalue weighted by Gasteiger charge is -2.12. The van der Waals surface area contributed by atoms with E-state index in [1.165, 1.54) is 0 Å². The molecule has 0 aromatic heterocycles. The molecule has 0 radical (unpaired) electrons. The molecule has 3 nitrogen and oxygen atoms in total. The Labute approximate surface area is 109 Å². The summed E-state index contributed by atoms with van der Waals surface area (Å²) in [5.41, 5.74) is 0.443. The predicted octanol–water partition coefficient (Wildman–Crippen LogP) is 1.22. The van der Waals surface area contributed by atoms with Gasteiger partial charge in [-0.15, -0.1) is 0 Å². The van der Waals surface area contributed by atoms with Crippen LogP contribution in [0.15, 0.2) is 42.5 Å². The third kappa shape index (κ3) is 3.30. The Kier molecular flexibility index (Phi) is 4.14. The summed E-state index contributed by atoms with van der Waals surface area (Å²) in [6.45, 7) is 0.0448. The summed E-state index contributed by atoms with van der Waals surface area (Å²) in [7, 11) is -2.00. The normalized spacial score (nSPS) is 10.3. The number of hydrogen-bond donors (Lipinski definition) is 2. The molecule has 98 valence electrons. The summed E-state index contributed by atoms with van der Waals surface area (Å²) in [4.78, 5) is 0. The first-order chi connectivity index (χ1) is 9.08. The van der Waals surface area contributed by atoms with Crippen LogP contribution in [0, 0.1) is 11.6 Å². The molecule has 0 saturated carbocycles. The fourth-order valence-corrected chi connectivity index (χ4v) is 1.65. The van der Waals surface area contributed by atoms with E-state index in [1.807, 2.05) is 6.07 Å². The summed E-state index contributed by atoms with van der Waals surface area (Å²) in [6.07, 6.45) is 0. The van der Waals surface area contributed by atoms with Gasteiger partial charge >= 0.3 is 7.12 Å². The van der Waals surface area contributed by atoms with Gasteiger partial charge in [-0.3, -0.25) is 0 Å². The lowest BCUT2D eigenvalue weighted by Crippen LogP contribution is -2.32. The largest absolute Gasteiger partial charge is 0.492 e. The molecule has 2 N–H and O–H groups in total. The second kappa shape index (κ2) is 5.82. The molecule has 6 heteroatoms. The average Bonchev–Trinajstić information content (AvgIpc) is 2.38. The molecule has 0 aliphatic carbocycles. The third-order valence-corrected chi connectivity index (χ3v) is 2.54. The molecule has 2 aromatic carbocycles. The molecule has 0 aliphatic rings. The van der Waals surface area contributed by atoms with Gasteiger partial charge in [-0.05, 0) is 11.6 Å². The molecule has 0 aliphatic heterocycles. The van der Waals surface area contributed by atoms with E-state index < -0.39 is 18.8 Å². The van der Waals surface area contributed by atoms with Crippen molar-refractivity contribution in [1.29, 1.82) is 0 Å². The molecule has 0 amide bonds. The van der Waals surface area contributed by atoms with Crippen molar-refractivity contribution < 1.29 is 23.6 Å². The van der Waals surface area contributed by atoms with Gasteiger partial charge in [-0.2, -0.15) is 0 Å². The molecule has 0 atom stereocenters. The highest BCUT2D eigenvalue weighted by molar-refractivity contribution is 6.59. The quantitative estimate of drug-likeness (QED) is 0.816. The summed E-state index contributed by atoms with van der Waals surface area (Å²) in [5, 5.41) is 18.2. The van der Waals surface area contributed by atoms with E-state index in [4.69, 9.17) is 14.8 Å². The van der Waals surface area contributed by atoms with Crippen molar-refractivity contribution in [2.45, 2.75) is 6.61 Å². The molecular weight excluding hydrogens is 253 g/mol. The number of ether oxygens (including phenoxy) is 1. The van der Waals surface area contributed by atoms with Crippen LogP contribution in [0.3, 0.4) is 0 Å². The topological polar surface area (TPSA) is 49.7 Å². The Balaban J connectivity index is 2.24. The number of halogens is 2. The number of hydrogen-bond acceptors (Lipinski definition) is 3. The van der Waals surface area contributed by atoms with Gasteiger partial charge in [0, 0.05) is 11.5 Å². The second-order valence-corrected chi connectivity index (χ2v) is 3.95. The molecular formula is C13H11BF2O3. The maximum Gasteiger partial charge on any atom is 0.492 e. The molecule has 19 heavy (non-hydrogen) atoms. The van der Waals surface area contributed by atoms with Gasteiger partial charge in [0.1, 0.15) is 12.4 Å². The SMILES string of the molecule is OB(O)c1cc(F)cc(F)c1OCc1ccccc1. The Bertz CT molecular complexity index is 561. The smallest absolute Gasteiger partial charge is 0.486 e. The second-order valence-electron chi connectivity index (χ2n) is 3.95.